The molecule has 4 nitrogen and oxygen atoms in total. The van der Waals surface area contributed by atoms with Gasteiger partial charge in [-0.15, -0.1) is 6.58 Å². The van der Waals surface area contributed by atoms with Crippen LogP contribution in [0.15, 0.2) is 30.9 Å². The van der Waals surface area contributed by atoms with Gasteiger partial charge in [-0.25, -0.2) is 0 Å². The molecular weight excluding hydrogens is 242 g/mol. The summed E-state index contributed by atoms with van der Waals surface area (Å²) in [6.07, 6.45) is 1.58. The van der Waals surface area contributed by atoms with Crippen molar-refractivity contribution in [2.75, 3.05) is 19.7 Å². The van der Waals surface area contributed by atoms with E-state index in [0.717, 1.165) is 0 Å². The zero-order chi connectivity index (χ0) is 12.8. The van der Waals surface area contributed by atoms with Crippen molar-refractivity contribution in [3.8, 4) is 5.75 Å². The molecule has 0 bridgehead atoms. The van der Waals surface area contributed by atoms with Crippen LogP contribution in [0.1, 0.15) is 10.4 Å². The molecule has 0 fully saturated rings. The van der Waals surface area contributed by atoms with Gasteiger partial charge in [0.15, 0.2) is 0 Å². The Morgan fingerprint density at radius 3 is 2.76 bits per heavy atom. The van der Waals surface area contributed by atoms with Gasteiger partial charge in [0, 0.05) is 18.7 Å². The minimum atomic E-state index is -0.263. The number of carbonyl (C=O) groups is 1. The molecule has 0 heterocycles. The van der Waals surface area contributed by atoms with Gasteiger partial charge in [0.2, 0.25) is 0 Å². The average molecular weight is 256 g/mol. The third kappa shape index (κ3) is 3.47. The van der Waals surface area contributed by atoms with E-state index < -0.39 is 0 Å². The van der Waals surface area contributed by atoms with Gasteiger partial charge < -0.3 is 15.1 Å². The molecule has 0 aromatic heterocycles. The third-order valence-electron chi connectivity index (χ3n) is 2.20. The van der Waals surface area contributed by atoms with E-state index in [2.05, 4.69) is 6.58 Å². The first-order valence-corrected chi connectivity index (χ1v) is 5.47. The summed E-state index contributed by atoms with van der Waals surface area (Å²) in [5.41, 5.74) is 0.364. The molecule has 17 heavy (non-hydrogen) atoms. The van der Waals surface area contributed by atoms with Gasteiger partial charge in [-0.1, -0.05) is 17.7 Å². The van der Waals surface area contributed by atoms with Crippen LogP contribution in [0.5, 0.6) is 5.75 Å². The molecule has 0 atom stereocenters. The summed E-state index contributed by atoms with van der Waals surface area (Å²) in [4.78, 5) is 13.5. The van der Waals surface area contributed by atoms with E-state index in [9.17, 15) is 9.90 Å². The molecule has 1 aromatic rings. The summed E-state index contributed by atoms with van der Waals surface area (Å²) in [6, 6.07) is 4.24. The van der Waals surface area contributed by atoms with Crippen molar-refractivity contribution < 1.29 is 15.0 Å². The van der Waals surface area contributed by atoms with Crippen LogP contribution < -0.4 is 0 Å². The Labute approximate surface area is 105 Å². The van der Waals surface area contributed by atoms with Gasteiger partial charge in [0.25, 0.3) is 5.91 Å². The van der Waals surface area contributed by atoms with E-state index in [1.54, 1.807) is 6.08 Å². The Morgan fingerprint density at radius 1 is 1.53 bits per heavy atom. The molecule has 1 aromatic carbocycles. The minimum Gasteiger partial charge on any atom is -0.506 e. The van der Waals surface area contributed by atoms with Crippen molar-refractivity contribution in [3.63, 3.8) is 0 Å². The maximum atomic E-state index is 12.0. The Morgan fingerprint density at radius 2 is 2.24 bits per heavy atom. The fourth-order valence-electron chi connectivity index (χ4n) is 1.37. The van der Waals surface area contributed by atoms with Crippen LogP contribution in [0.2, 0.25) is 5.02 Å². The van der Waals surface area contributed by atoms with Crippen LogP contribution in [0, 0.1) is 0 Å². The molecule has 0 saturated carbocycles. The first-order valence-electron chi connectivity index (χ1n) is 5.09. The predicted molar refractivity (Wildman–Crippen MR) is 66.3 cm³/mol. The standard InChI is InChI=1S/C12H14ClNO3/c1-2-5-14(6-7-15)12(17)9-3-4-11(16)10(13)8-9/h2-4,8,15-16H,1,5-7H2. The van der Waals surface area contributed by atoms with Crippen molar-refractivity contribution in [3.05, 3.63) is 41.4 Å². The van der Waals surface area contributed by atoms with Crippen LogP contribution in [0.25, 0.3) is 0 Å². The number of hydrogen-bond acceptors (Lipinski definition) is 3. The van der Waals surface area contributed by atoms with Gasteiger partial charge in [-0.3, -0.25) is 4.79 Å². The molecule has 1 amide bonds. The lowest BCUT2D eigenvalue weighted by Crippen LogP contribution is -2.33. The summed E-state index contributed by atoms with van der Waals surface area (Å²) in [6.45, 7) is 4.00. The number of halogens is 1. The molecule has 0 radical (unpaired) electrons. The summed E-state index contributed by atoms with van der Waals surface area (Å²) in [5.74, 6) is -0.332. The zero-order valence-electron chi connectivity index (χ0n) is 9.27. The monoisotopic (exact) mass is 255 g/mol. The van der Waals surface area contributed by atoms with Gasteiger partial charge in [0.05, 0.1) is 11.6 Å². The number of benzene rings is 1. The van der Waals surface area contributed by atoms with Gasteiger partial charge in [-0.05, 0) is 18.2 Å². The SMILES string of the molecule is C=CCN(CCO)C(=O)c1ccc(O)c(Cl)c1. The van der Waals surface area contributed by atoms with Crippen molar-refractivity contribution in [1.29, 1.82) is 0 Å². The number of phenols is 1. The fourth-order valence-corrected chi connectivity index (χ4v) is 1.56. The minimum absolute atomic E-state index is 0.0688. The van der Waals surface area contributed by atoms with Crippen LogP contribution in [0.3, 0.4) is 0 Å². The van der Waals surface area contributed by atoms with Crippen molar-refractivity contribution >= 4 is 17.5 Å². The molecule has 0 aliphatic rings. The third-order valence-corrected chi connectivity index (χ3v) is 2.50. The number of nitrogens with zero attached hydrogens (tertiary/aromatic N) is 1. The maximum absolute atomic E-state index is 12.0. The Kier molecular flexibility index (Phi) is 5.00. The van der Waals surface area contributed by atoms with E-state index in [1.165, 1.54) is 23.1 Å². The van der Waals surface area contributed by atoms with Crippen LogP contribution >= 0.6 is 11.6 Å². The lowest BCUT2D eigenvalue weighted by molar-refractivity contribution is 0.0743. The molecule has 2 N–H and O–H groups in total. The highest BCUT2D eigenvalue weighted by Crippen LogP contribution is 2.24. The normalized spacial score (nSPS) is 10.0. The van der Waals surface area contributed by atoms with E-state index in [-0.39, 0.29) is 29.8 Å². The molecule has 0 aliphatic heterocycles. The summed E-state index contributed by atoms with van der Waals surface area (Å²) >= 11 is 5.73. The Hall–Kier alpha value is -1.52. The number of hydrogen-bond donors (Lipinski definition) is 2. The predicted octanol–water partition coefficient (Wildman–Crippen LogP) is 1.67. The smallest absolute Gasteiger partial charge is 0.254 e. The molecule has 0 spiro atoms. The van der Waals surface area contributed by atoms with E-state index in [1.807, 2.05) is 0 Å². The average Bonchev–Trinajstić information content (AvgIpc) is 2.31. The van der Waals surface area contributed by atoms with Crippen molar-refractivity contribution in [2.45, 2.75) is 0 Å². The fraction of sp³-hybridized carbons (Fsp3) is 0.250. The number of amides is 1. The first-order chi connectivity index (χ1) is 8.10. The molecule has 0 aliphatic carbocycles. The topological polar surface area (TPSA) is 60.8 Å². The number of rotatable bonds is 5. The largest absolute Gasteiger partial charge is 0.506 e. The zero-order valence-corrected chi connectivity index (χ0v) is 10.0. The van der Waals surface area contributed by atoms with Gasteiger partial charge in [0.1, 0.15) is 5.75 Å². The summed E-state index contributed by atoms with van der Waals surface area (Å²) in [7, 11) is 0. The second-order valence-corrected chi connectivity index (χ2v) is 3.84. The molecule has 92 valence electrons. The molecule has 5 heteroatoms. The van der Waals surface area contributed by atoms with Crippen LogP contribution in [-0.4, -0.2) is 40.7 Å². The molecular formula is C12H14ClNO3. The summed E-state index contributed by atoms with van der Waals surface area (Å²) < 4.78 is 0. The van der Waals surface area contributed by atoms with Crippen LogP contribution in [-0.2, 0) is 0 Å². The molecule has 0 saturated heterocycles. The number of phenolic OH excluding ortho intramolecular Hbond substituents is 1. The Balaban J connectivity index is 2.92. The van der Waals surface area contributed by atoms with Crippen LogP contribution in [0.4, 0.5) is 0 Å². The lowest BCUT2D eigenvalue weighted by atomic mass is 10.2. The quantitative estimate of drug-likeness (QED) is 0.787. The van der Waals surface area contributed by atoms with E-state index >= 15 is 0 Å². The van der Waals surface area contributed by atoms with Crippen molar-refractivity contribution in [2.24, 2.45) is 0 Å². The highest BCUT2D eigenvalue weighted by molar-refractivity contribution is 6.32. The second kappa shape index (κ2) is 6.27. The number of aromatic hydroxyl groups is 1. The molecule has 1 rings (SSSR count). The molecule has 0 unspecified atom stereocenters. The van der Waals surface area contributed by atoms with Crippen molar-refractivity contribution in [1.82, 2.24) is 4.90 Å². The second-order valence-electron chi connectivity index (χ2n) is 3.43. The lowest BCUT2D eigenvalue weighted by Gasteiger charge is -2.20. The summed E-state index contributed by atoms with van der Waals surface area (Å²) in [5, 5.41) is 18.2. The number of aliphatic hydroxyl groups is 1. The van der Waals surface area contributed by atoms with E-state index in [4.69, 9.17) is 16.7 Å². The first kappa shape index (κ1) is 13.5. The number of aliphatic hydroxyl groups excluding tert-OH is 1. The van der Waals surface area contributed by atoms with Gasteiger partial charge in [-0.2, -0.15) is 0 Å². The highest BCUT2D eigenvalue weighted by Gasteiger charge is 2.15. The maximum Gasteiger partial charge on any atom is 0.254 e. The van der Waals surface area contributed by atoms with E-state index in [0.29, 0.717) is 12.1 Å². The number of carbonyl (C=O) groups excluding carboxylic acids is 1. The van der Waals surface area contributed by atoms with Gasteiger partial charge >= 0.3 is 0 Å². The Bertz CT molecular complexity index is 420. The highest BCUT2D eigenvalue weighted by atomic mass is 35.5.